The highest BCUT2D eigenvalue weighted by molar-refractivity contribution is 7.07. The van der Waals surface area contributed by atoms with Gasteiger partial charge in [0.25, 0.3) is 0 Å². The van der Waals surface area contributed by atoms with Gasteiger partial charge in [0.15, 0.2) is 0 Å². The van der Waals surface area contributed by atoms with Gasteiger partial charge in [0.2, 0.25) is 5.91 Å². The zero-order chi connectivity index (χ0) is 14.7. The van der Waals surface area contributed by atoms with Gasteiger partial charge in [-0.3, -0.25) is 9.69 Å². The van der Waals surface area contributed by atoms with Gasteiger partial charge in [-0.25, -0.2) is 0 Å². The van der Waals surface area contributed by atoms with Crippen LogP contribution in [0.2, 0.25) is 0 Å². The molecule has 2 saturated heterocycles. The monoisotopic (exact) mass is 309 g/mol. The maximum atomic E-state index is 12.6. The number of piperazine rings is 1. The molecule has 2 atom stereocenters. The molecule has 0 radical (unpaired) electrons. The average molecular weight is 309 g/mol. The molecular weight excluding hydrogens is 286 g/mol. The molecule has 2 fully saturated rings. The van der Waals surface area contributed by atoms with E-state index in [0.29, 0.717) is 13.2 Å². The summed E-state index contributed by atoms with van der Waals surface area (Å²) in [6.07, 6.45) is 0. The number of rotatable bonds is 4. The fourth-order valence-corrected chi connectivity index (χ4v) is 3.74. The zero-order valence-electron chi connectivity index (χ0n) is 12.5. The average Bonchev–Trinajstić information content (AvgIpc) is 3.18. The molecule has 116 valence electrons. The van der Waals surface area contributed by atoms with Crippen LogP contribution in [0, 0.1) is 5.92 Å². The van der Waals surface area contributed by atoms with E-state index in [1.165, 1.54) is 5.56 Å². The minimum absolute atomic E-state index is 0.0153. The van der Waals surface area contributed by atoms with Crippen LogP contribution in [0.4, 0.5) is 0 Å². The molecule has 3 rings (SSSR count). The molecule has 0 saturated carbocycles. The SMILES string of the molecule is CNC1COCC1C(=O)N1CCN(Cc2ccsc2)CC1. The molecule has 1 aromatic heterocycles. The molecule has 0 spiro atoms. The number of hydrogen-bond donors (Lipinski definition) is 1. The molecular formula is C15H23N3O2S. The van der Waals surface area contributed by atoms with Crippen LogP contribution < -0.4 is 5.32 Å². The number of amides is 1. The van der Waals surface area contributed by atoms with Crippen molar-refractivity contribution < 1.29 is 9.53 Å². The van der Waals surface area contributed by atoms with Gasteiger partial charge in [-0.1, -0.05) is 0 Å². The maximum Gasteiger partial charge on any atom is 0.229 e. The zero-order valence-corrected chi connectivity index (χ0v) is 13.3. The molecule has 6 heteroatoms. The number of carbonyl (C=O) groups is 1. The second-order valence-electron chi connectivity index (χ2n) is 5.77. The van der Waals surface area contributed by atoms with E-state index in [1.807, 2.05) is 11.9 Å². The normalized spacial score (nSPS) is 27.2. The Morgan fingerprint density at radius 2 is 2.19 bits per heavy atom. The first kappa shape index (κ1) is 15.0. The van der Waals surface area contributed by atoms with E-state index in [0.717, 1.165) is 32.7 Å². The molecule has 3 heterocycles. The van der Waals surface area contributed by atoms with Crippen LogP contribution >= 0.6 is 11.3 Å². The lowest BCUT2D eigenvalue weighted by atomic mass is 10.0. The summed E-state index contributed by atoms with van der Waals surface area (Å²) in [5.74, 6) is 0.237. The molecule has 1 N–H and O–H groups in total. The predicted octanol–water partition coefficient (Wildman–Crippen LogP) is 0.627. The molecule has 1 amide bonds. The van der Waals surface area contributed by atoms with E-state index < -0.39 is 0 Å². The van der Waals surface area contributed by atoms with Crippen molar-refractivity contribution in [3.8, 4) is 0 Å². The van der Waals surface area contributed by atoms with Gasteiger partial charge in [0.1, 0.15) is 0 Å². The number of carbonyl (C=O) groups excluding carboxylic acids is 1. The molecule has 0 aliphatic carbocycles. The van der Waals surface area contributed by atoms with Crippen LogP contribution in [0.3, 0.4) is 0 Å². The van der Waals surface area contributed by atoms with Gasteiger partial charge in [-0.15, -0.1) is 0 Å². The molecule has 0 aromatic carbocycles. The van der Waals surface area contributed by atoms with Crippen molar-refractivity contribution in [1.29, 1.82) is 0 Å². The summed E-state index contributed by atoms with van der Waals surface area (Å²) in [7, 11) is 1.90. The molecule has 2 aliphatic rings. The van der Waals surface area contributed by atoms with E-state index >= 15 is 0 Å². The van der Waals surface area contributed by atoms with Gasteiger partial charge >= 0.3 is 0 Å². The van der Waals surface area contributed by atoms with Gasteiger partial charge in [-0.2, -0.15) is 11.3 Å². The Hall–Kier alpha value is -0.950. The summed E-state index contributed by atoms with van der Waals surface area (Å²) in [6.45, 7) is 5.77. The lowest BCUT2D eigenvalue weighted by molar-refractivity contribution is -0.137. The van der Waals surface area contributed by atoms with Crippen LogP contribution in [-0.4, -0.2) is 68.2 Å². The first-order chi connectivity index (χ1) is 10.3. The van der Waals surface area contributed by atoms with Crippen LogP contribution in [0.15, 0.2) is 16.8 Å². The maximum absolute atomic E-state index is 12.6. The largest absolute Gasteiger partial charge is 0.379 e. The first-order valence-corrected chi connectivity index (χ1v) is 8.49. The third kappa shape index (κ3) is 3.45. The van der Waals surface area contributed by atoms with Crippen LogP contribution in [0.5, 0.6) is 0 Å². The highest BCUT2D eigenvalue weighted by Gasteiger charge is 2.36. The first-order valence-electron chi connectivity index (χ1n) is 7.55. The van der Waals surface area contributed by atoms with Crippen molar-refractivity contribution in [3.05, 3.63) is 22.4 Å². The van der Waals surface area contributed by atoms with E-state index in [-0.39, 0.29) is 17.9 Å². The summed E-state index contributed by atoms with van der Waals surface area (Å²) >= 11 is 1.74. The summed E-state index contributed by atoms with van der Waals surface area (Å²) in [4.78, 5) is 17.0. The van der Waals surface area contributed by atoms with Crippen molar-refractivity contribution in [2.45, 2.75) is 12.6 Å². The second kappa shape index (κ2) is 6.87. The Kier molecular flexibility index (Phi) is 4.90. The fourth-order valence-electron chi connectivity index (χ4n) is 3.08. The van der Waals surface area contributed by atoms with Crippen molar-refractivity contribution in [2.75, 3.05) is 46.4 Å². The Balaban J connectivity index is 1.50. The third-order valence-corrected chi connectivity index (χ3v) is 5.17. The Morgan fingerprint density at radius 1 is 1.38 bits per heavy atom. The molecule has 2 aliphatic heterocycles. The number of nitrogens with one attached hydrogen (secondary N) is 1. The van der Waals surface area contributed by atoms with Crippen molar-refractivity contribution in [1.82, 2.24) is 15.1 Å². The quantitative estimate of drug-likeness (QED) is 0.886. The van der Waals surface area contributed by atoms with Crippen molar-refractivity contribution in [3.63, 3.8) is 0 Å². The summed E-state index contributed by atoms with van der Waals surface area (Å²) in [5, 5.41) is 7.51. The smallest absolute Gasteiger partial charge is 0.229 e. The topological polar surface area (TPSA) is 44.8 Å². The Morgan fingerprint density at radius 3 is 2.86 bits per heavy atom. The van der Waals surface area contributed by atoms with E-state index in [2.05, 4.69) is 27.0 Å². The van der Waals surface area contributed by atoms with E-state index in [9.17, 15) is 4.79 Å². The molecule has 5 nitrogen and oxygen atoms in total. The Bertz CT molecular complexity index is 457. The lowest BCUT2D eigenvalue weighted by Crippen LogP contribution is -2.52. The summed E-state index contributed by atoms with van der Waals surface area (Å²) in [5.41, 5.74) is 1.37. The number of thiophene rings is 1. The van der Waals surface area contributed by atoms with Crippen LogP contribution in [-0.2, 0) is 16.1 Å². The second-order valence-corrected chi connectivity index (χ2v) is 6.55. The minimum atomic E-state index is -0.0153. The molecule has 0 bridgehead atoms. The predicted molar refractivity (Wildman–Crippen MR) is 83.3 cm³/mol. The van der Waals surface area contributed by atoms with Crippen molar-refractivity contribution >= 4 is 17.2 Å². The van der Waals surface area contributed by atoms with Crippen molar-refractivity contribution in [2.24, 2.45) is 5.92 Å². The van der Waals surface area contributed by atoms with Gasteiger partial charge in [0.05, 0.1) is 19.1 Å². The number of likely N-dealkylation sites (N-methyl/N-ethyl adjacent to an activating group) is 1. The summed E-state index contributed by atoms with van der Waals surface area (Å²) in [6, 6.07) is 2.34. The summed E-state index contributed by atoms with van der Waals surface area (Å²) < 4.78 is 5.44. The van der Waals surface area contributed by atoms with Crippen LogP contribution in [0.1, 0.15) is 5.56 Å². The third-order valence-electron chi connectivity index (χ3n) is 4.44. The van der Waals surface area contributed by atoms with E-state index in [1.54, 1.807) is 11.3 Å². The molecule has 21 heavy (non-hydrogen) atoms. The highest BCUT2D eigenvalue weighted by Crippen LogP contribution is 2.18. The number of nitrogens with zero attached hydrogens (tertiary/aromatic N) is 2. The van der Waals surface area contributed by atoms with Crippen LogP contribution in [0.25, 0.3) is 0 Å². The fraction of sp³-hybridized carbons (Fsp3) is 0.667. The van der Waals surface area contributed by atoms with E-state index in [4.69, 9.17) is 4.74 Å². The molecule has 2 unspecified atom stereocenters. The Labute approximate surface area is 129 Å². The standard InChI is InChI=1S/C15H23N3O2S/c1-16-14-10-20-9-13(14)15(19)18-5-3-17(4-6-18)8-12-2-7-21-11-12/h2,7,11,13-14,16H,3-6,8-10H2,1H3. The van der Waals surface area contributed by atoms with Gasteiger partial charge in [-0.05, 0) is 29.4 Å². The minimum Gasteiger partial charge on any atom is -0.379 e. The molecule has 1 aromatic rings. The van der Waals surface area contributed by atoms with Gasteiger partial charge < -0.3 is 15.0 Å². The highest BCUT2D eigenvalue weighted by atomic mass is 32.1. The number of ether oxygens (including phenoxy) is 1. The number of hydrogen-bond acceptors (Lipinski definition) is 5. The lowest BCUT2D eigenvalue weighted by Gasteiger charge is -2.36. The van der Waals surface area contributed by atoms with Gasteiger partial charge in [0, 0.05) is 38.8 Å².